The fourth-order valence-corrected chi connectivity index (χ4v) is 2.11. The lowest BCUT2D eigenvalue weighted by Crippen LogP contribution is -1.92. The third-order valence-electron chi connectivity index (χ3n) is 3.05. The summed E-state index contributed by atoms with van der Waals surface area (Å²) in [4.78, 5) is 4.45. The second-order valence-electron chi connectivity index (χ2n) is 4.59. The van der Waals surface area contributed by atoms with Crippen LogP contribution in [0.5, 0.6) is 5.75 Å². The van der Waals surface area contributed by atoms with Gasteiger partial charge in [0.25, 0.3) is 0 Å². The van der Waals surface area contributed by atoms with Crippen LogP contribution in [-0.4, -0.2) is 11.6 Å². The fraction of sp³-hybridized carbons (Fsp3) is 0.188. The van der Waals surface area contributed by atoms with E-state index in [1.165, 1.54) is 0 Å². The van der Waals surface area contributed by atoms with E-state index in [2.05, 4.69) is 4.98 Å². The van der Waals surface area contributed by atoms with Crippen LogP contribution in [-0.2, 0) is 6.42 Å². The zero-order valence-corrected chi connectivity index (χ0v) is 11.3. The molecule has 0 fully saturated rings. The van der Waals surface area contributed by atoms with Crippen LogP contribution >= 0.6 is 0 Å². The van der Waals surface area contributed by atoms with Crippen molar-refractivity contribution in [1.29, 1.82) is 0 Å². The SMILES string of the molecule is CCOc1ccc(Cc2nc3ccc(N)cc3o2)cc1. The molecule has 4 nitrogen and oxygen atoms in total. The molecule has 3 aromatic rings. The lowest BCUT2D eigenvalue weighted by atomic mass is 10.1. The lowest BCUT2D eigenvalue weighted by molar-refractivity contribution is 0.340. The number of hydrogen-bond acceptors (Lipinski definition) is 4. The van der Waals surface area contributed by atoms with Gasteiger partial charge in [-0.25, -0.2) is 4.98 Å². The molecule has 0 aliphatic heterocycles. The molecule has 0 spiro atoms. The van der Waals surface area contributed by atoms with Gasteiger partial charge >= 0.3 is 0 Å². The third-order valence-corrected chi connectivity index (χ3v) is 3.05. The van der Waals surface area contributed by atoms with Gasteiger partial charge in [-0.1, -0.05) is 12.1 Å². The van der Waals surface area contributed by atoms with Crippen LogP contribution in [0.2, 0.25) is 0 Å². The van der Waals surface area contributed by atoms with Crippen molar-refractivity contribution in [2.24, 2.45) is 0 Å². The Balaban J connectivity index is 1.81. The fourth-order valence-electron chi connectivity index (χ4n) is 2.11. The molecule has 0 radical (unpaired) electrons. The Morgan fingerprint density at radius 3 is 2.70 bits per heavy atom. The van der Waals surface area contributed by atoms with Crippen LogP contribution in [0, 0.1) is 0 Å². The van der Waals surface area contributed by atoms with E-state index in [0.29, 0.717) is 24.6 Å². The molecule has 0 aliphatic carbocycles. The van der Waals surface area contributed by atoms with E-state index in [1.54, 1.807) is 6.07 Å². The highest BCUT2D eigenvalue weighted by Gasteiger charge is 2.07. The van der Waals surface area contributed by atoms with Crippen molar-refractivity contribution >= 4 is 16.8 Å². The van der Waals surface area contributed by atoms with Crippen molar-refractivity contribution in [1.82, 2.24) is 4.98 Å². The van der Waals surface area contributed by atoms with Gasteiger partial charge in [-0.2, -0.15) is 0 Å². The number of aromatic nitrogens is 1. The van der Waals surface area contributed by atoms with E-state index in [1.807, 2.05) is 43.3 Å². The maximum absolute atomic E-state index is 5.73. The number of hydrogen-bond donors (Lipinski definition) is 1. The first kappa shape index (κ1) is 12.5. The smallest absolute Gasteiger partial charge is 0.199 e. The summed E-state index contributed by atoms with van der Waals surface area (Å²) in [6, 6.07) is 13.5. The molecule has 0 amide bonds. The molecule has 0 unspecified atom stereocenters. The molecule has 0 aliphatic rings. The van der Waals surface area contributed by atoms with Crippen LogP contribution in [0.1, 0.15) is 18.4 Å². The highest BCUT2D eigenvalue weighted by Crippen LogP contribution is 2.21. The van der Waals surface area contributed by atoms with Crippen LogP contribution in [0.15, 0.2) is 46.9 Å². The Labute approximate surface area is 117 Å². The van der Waals surface area contributed by atoms with Crippen molar-refractivity contribution in [3.05, 3.63) is 53.9 Å². The summed E-state index contributed by atoms with van der Waals surface area (Å²) in [7, 11) is 0. The minimum atomic E-state index is 0.654. The number of nitrogens with two attached hydrogens (primary N) is 1. The van der Waals surface area contributed by atoms with Gasteiger partial charge in [0, 0.05) is 18.2 Å². The average molecular weight is 268 g/mol. The number of fused-ring (bicyclic) bond motifs is 1. The Bertz CT molecular complexity index is 717. The Morgan fingerprint density at radius 1 is 1.15 bits per heavy atom. The lowest BCUT2D eigenvalue weighted by Gasteiger charge is -2.03. The molecular formula is C16H16N2O2. The van der Waals surface area contributed by atoms with Gasteiger partial charge in [-0.3, -0.25) is 0 Å². The van der Waals surface area contributed by atoms with Gasteiger partial charge in [-0.05, 0) is 36.8 Å². The van der Waals surface area contributed by atoms with Crippen LogP contribution in [0.4, 0.5) is 5.69 Å². The van der Waals surface area contributed by atoms with E-state index in [9.17, 15) is 0 Å². The predicted octanol–water partition coefficient (Wildman–Crippen LogP) is 3.40. The molecule has 20 heavy (non-hydrogen) atoms. The highest BCUT2D eigenvalue weighted by atomic mass is 16.5. The maximum Gasteiger partial charge on any atom is 0.199 e. The average Bonchev–Trinajstić information content (AvgIpc) is 2.82. The molecule has 3 rings (SSSR count). The second-order valence-corrected chi connectivity index (χ2v) is 4.59. The first-order valence-electron chi connectivity index (χ1n) is 6.61. The number of rotatable bonds is 4. The number of anilines is 1. The van der Waals surface area contributed by atoms with Gasteiger partial charge in [0.1, 0.15) is 11.3 Å². The number of ether oxygens (including phenoxy) is 1. The normalized spacial score (nSPS) is 10.8. The standard InChI is InChI=1S/C16H16N2O2/c1-2-19-13-6-3-11(4-7-13)9-16-18-14-8-5-12(17)10-15(14)20-16/h3-8,10H,2,9,17H2,1H3. The molecule has 1 aromatic heterocycles. The Morgan fingerprint density at radius 2 is 1.95 bits per heavy atom. The Hall–Kier alpha value is -2.49. The van der Waals surface area contributed by atoms with Crippen molar-refractivity contribution < 1.29 is 9.15 Å². The van der Waals surface area contributed by atoms with Gasteiger partial charge in [0.05, 0.1) is 6.61 Å². The molecule has 2 N–H and O–H groups in total. The predicted molar refractivity (Wildman–Crippen MR) is 78.8 cm³/mol. The highest BCUT2D eigenvalue weighted by molar-refractivity contribution is 5.76. The second kappa shape index (κ2) is 5.25. The summed E-state index contributed by atoms with van der Waals surface area (Å²) < 4.78 is 11.1. The van der Waals surface area contributed by atoms with Crippen LogP contribution in [0.3, 0.4) is 0 Å². The summed E-state index contributed by atoms with van der Waals surface area (Å²) in [5, 5.41) is 0. The summed E-state index contributed by atoms with van der Waals surface area (Å²) in [6.45, 7) is 2.64. The maximum atomic E-state index is 5.73. The van der Waals surface area contributed by atoms with Crippen LogP contribution < -0.4 is 10.5 Å². The van der Waals surface area contributed by atoms with Gasteiger partial charge < -0.3 is 14.9 Å². The van der Waals surface area contributed by atoms with Gasteiger partial charge in [0.15, 0.2) is 11.5 Å². The summed E-state index contributed by atoms with van der Waals surface area (Å²) >= 11 is 0. The minimum absolute atomic E-state index is 0.654. The molecule has 102 valence electrons. The topological polar surface area (TPSA) is 61.3 Å². The minimum Gasteiger partial charge on any atom is -0.494 e. The summed E-state index contributed by atoms with van der Waals surface area (Å²) in [6.07, 6.45) is 0.654. The number of nitrogens with zero attached hydrogens (tertiary/aromatic N) is 1. The third kappa shape index (κ3) is 2.59. The van der Waals surface area contributed by atoms with Crippen molar-refractivity contribution in [3.8, 4) is 5.75 Å². The van der Waals surface area contributed by atoms with Gasteiger partial charge in [0.2, 0.25) is 0 Å². The van der Waals surface area contributed by atoms with E-state index in [-0.39, 0.29) is 0 Å². The zero-order chi connectivity index (χ0) is 13.9. The van der Waals surface area contributed by atoms with Crippen molar-refractivity contribution in [2.45, 2.75) is 13.3 Å². The molecule has 0 atom stereocenters. The molecular weight excluding hydrogens is 252 g/mol. The first-order chi connectivity index (χ1) is 9.74. The molecule has 0 saturated heterocycles. The quantitative estimate of drug-likeness (QED) is 0.737. The summed E-state index contributed by atoms with van der Waals surface area (Å²) in [5.74, 6) is 1.57. The number of benzene rings is 2. The molecule has 2 aromatic carbocycles. The van der Waals surface area contributed by atoms with Crippen molar-refractivity contribution in [3.63, 3.8) is 0 Å². The van der Waals surface area contributed by atoms with E-state index < -0.39 is 0 Å². The van der Waals surface area contributed by atoms with E-state index in [4.69, 9.17) is 14.9 Å². The largest absolute Gasteiger partial charge is 0.494 e. The Kier molecular flexibility index (Phi) is 3.29. The molecule has 1 heterocycles. The van der Waals surface area contributed by atoms with Crippen molar-refractivity contribution in [2.75, 3.05) is 12.3 Å². The van der Waals surface area contributed by atoms with Crippen LogP contribution in [0.25, 0.3) is 11.1 Å². The molecule has 0 bridgehead atoms. The first-order valence-corrected chi connectivity index (χ1v) is 6.61. The molecule has 0 saturated carbocycles. The summed E-state index contributed by atoms with van der Waals surface area (Å²) in [5.41, 5.74) is 9.10. The molecule has 4 heteroatoms. The van der Waals surface area contributed by atoms with E-state index >= 15 is 0 Å². The van der Waals surface area contributed by atoms with E-state index in [0.717, 1.165) is 22.4 Å². The monoisotopic (exact) mass is 268 g/mol. The zero-order valence-electron chi connectivity index (χ0n) is 11.3. The number of oxazole rings is 1. The number of nitrogen functional groups attached to an aromatic ring is 1. The van der Waals surface area contributed by atoms with Gasteiger partial charge in [-0.15, -0.1) is 0 Å².